The number of hydrogen-bond donors (Lipinski definition) is 0. The molecule has 0 radical (unpaired) electrons. The maximum atomic E-state index is 9.63. The molecule has 0 atom stereocenters. The molecular formula is C2H7ClO2S. The summed E-state index contributed by atoms with van der Waals surface area (Å²) in [5.74, 6) is 0. The molecule has 0 rings (SSSR count). The molecule has 2 nitrogen and oxygen atoms in total. The fraction of sp³-hybridized carbons (Fsp3) is 1.00. The number of rotatable bonds is 0. The largest absolute Gasteiger partial charge is 0.229 e. The summed E-state index contributed by atoms with van der Waals surface area (Å²) in [7, 11) is -2.67. The minimum Gasteiger partial charge on any atom is -0.229 e. The second kappa shape index (κ2) is 2.42. The third-order valence-corrected chi connectivity index (χ3v) is 0. The molecule has 0 aliphatic rings. The summed E-state index contributed by atoms with van der Waals surface area (Å²) < 4.78 is 19.3. The Kier molecular flexibility index (Phi) is 3.84. The van der Waals surface area contributed by atoms with Crippen LogP contribution in [0.4, 0.5) is 0 Å². The van der Waals surface area contributed by atoms with E-state index in [9.17, 15) is 8.42 Å². The normalized spacial score (nSPS) is 9.67. The van der Waals surface area contributed by atoms with Gasteiger partial charge in [-0.05, 0) is 0 Å². The lowest BCUT2D eigenvalue weighted by Crippen LogP contribution is -1.86. The van der Waals surface area contributed by atoms with Crippen LogP contribution in [-0.2, 0) is 9.84 Å². The lowest BCUT2D eigenvalue weighted by Gasteiger charge is -1.69. The first kappa shape index (κ1) is 9.53. The minimum absolute atomic E-state index is 0. The molecule has 0 aliphatic carbocycles. The van der Waals surface area contributed by atoms with Crippen LogP contribution in [0.3, 0.4) is 0 Å². The Labute approximate surface area is 43.9 Å². The highest BCUT2D eigenvalue weighted by Gasteiger charge is 1.79. The highest BCUT2D eigenvalue weighted by molar-refractivity contribution is 7.89. The van der Waals surface area contributed by atoms with Crippen LogP contribution in [0.5, 0.6) is 0 Å². The number of sulfone groups is 1. The Bertz CT molecular complexity index is 94.7. The predicted molar refractivity (Wildman–Crippen MR) is 28.0 cm³/mol. The van der Waals surface area contributed by atoms with Gasteiger partial charge in [0.15, 0.2) is 0 Å². The first-order valence-electron chi connectivity index (χ1n) is 1.15. The van der Waals surface area contributed by atoms with Crippen molar-refractivity contribution in [3.05, 3.63) is 0 Å². The topological polar surface area (TPSA) is 34.1 Å². The second-order valence-corrected chi connectivity index (χ2v) is 3.43. The van der Waals surface area contributed by atoms with E-state index in [0.717, 1.165) is 12.5 Å². The van der Waals surface area contributed by atoms with Gasteiger partial charge in [-0.15, -0.1) is 12.4 Å². The van der Waals surface area contributed by atoms with Crippen LogP contribution in [0.15, 0.2) is 0 Å². The number of hydrogen-bond acceptors (Lipinski definition) is 2. The average molecular weight is 131 g/mol. The van der Waals surface area contributed by atoms with Gasteiger partial charge >= 0.3 is 0 Å². The van der Waals surface area contributed by atoms with E-state index in [-0.39, 0.29) is 12.4 Å². The highest BCUT2D eigenvalue weighted by atomic mass is 35.5. The fourth-order valence-electron chi connectivity index (χ4n) is 0. The summed E-state index contributed by atoms with van der Waals surface area (Å²) in [6.45, 7) is 0. The molecule has 0 amide bonds. The van der Waals surface area contributed by atoms with Gasteiger partial charge in [-0.3, -0.25) is 0 Å². The van der Waals surface area contributed by atoms with Gasteiger partial charge in [0.25, 0.3) is 0 Å². The molecule has 0 bridgehead atoms. The van der Waals surface area contributed by atoms with Crippen LogP contribution < -0.4 is 0 Å². The van der Waals surface area contributed by atoms with Crippen molar-refractivity contribution in [2.45, 2.75) is 0 Å². The van der Waals surface area contributed by atoms with Crippen molar-refractivity contribution in [3.63, 3.8) is 0 Å². The molecule has 6 heavy (non-hydrogen) atoms. The van der Waals surface area contributed by atoms with Crippen molar-refractivity contribution in [3.8, 4) is 0 Å². The molecule has 0 fully saturated rings. The molecule has 4 heteroatoms. The SMILES string of the molecule is CS(C)(=O)=O.Cl. The van der Waals surface area contributed by atoms with E-state index in [1.807, 2.05) is 0 Å². The van der Waals surface area contributed by atoms with Crippen LogP contribution in [0.1, 0.15) is 0 Å². The minimum atomic E-state index is -2.67. The van der Waals surface area contributed by atoms with Crippen LogP contribution in [0, 0.1) is 0 Å². The van der Waals surface area contributed by atoms with Crippen LogP contribution in [-0.4, -0.2) is 20.9 Å². The second-order valence-electron chi connectivity index (χ2n) is 1.14. The molecule has 40 valence electrons. The Balaban J connectivity index is 0. The van der Waals surface area contributed by atoms with Gasteiger partial charge < -0.3 is 0 Å². The van der Waals surface area contributed by atoms with Crippen molar-refractivity contribution < 1.29 is 8.42 Å². The molecule has 0 unspecified atom stereocenters. The molecule has 0 spiro atoms. The van der Waals surface area contributed by atoms with Crippen LogP contribution in [0.25, 0.3) is 0 Å². The molecular weight excluding hydrogens is 124 g/mol. The summed E-state index contributed by atoms with van der Waals surface area (Å²) in [5.41, 5.74) is 0. The van der Waals surface area contributed by atoms with E-state index in [1.54, 1.807) is 0 Å². The molecule has 0 saturated carbocycles. The van der Waals surface area contributed by atoms with Crippen molar-refractivity contribution in [2.75, 3.05) is 12.5 Å². The maximum Gasteiger partial charge on any atom is 0.144 e. The van der Waals surface area contributed by atoms with Gasteiger partial charge in [-0.1, -0.05) is 0 Å². The summed E-state index contributed by atoms with van der Waals surface area (Å²) in [4.78, 5) is 0. The van der Waals surface area contributed by atoms with Crippen molar-refractivity contribution >= 4 is 22.2 Å². The summed E-state index contributed by atoms with van der Waals surface area (Å²) in [6.07, 6.45) is 2.32. The zero-order valence-electron chi connectivity index (χ0n) is 3.63. The fourth-order valence-corrected chi connectivity index (χ4v) is 0. The molecule has 0 N–H and O–H groups in total. The smallest absolute Gasteiger partial charge is 0.144 e. The summed E-state index contributed by atoms with van der Waals surface area (Å²) in [5, 5.41) is 0. The van der Waals surface area contributed by atoms with Gasteiger partial charge in [0.05, 0.1) is 0 Å². The molecule has 0 aromatic carbocycles. The van der Waals surface area contributed by atoms with Gasteiger partial charge in [0, 0.05) is 12.5 Å². The zero-order valence-corrected chi connectivity index (χ0v) is 5.27. The predicted octanol–water partition coefficient (Wildman–Crippen LogP) is 0.0826. The van der Waals surface area contributed by atoms with Gasteiger partial charge in [-0.2, -0.15) is 0 Å². The van der Waals surface area contributed by atoms with E-state index in [1.165, 1.54) is 0 Å². The van der Waals surface area contributed by atoms with Gasteiger partial charge in [-0.25, -0.2) is 8.42 Å². The van der Waals surface area contributed by atoms with E-state index in [4.69, 9.17) is 0 Å². The zero-order chi connectivity index (χ0) is 4.50. The van der Waals surface area contributed by atoms with Crippen molar-refractivity contribution in [1.82, 2.24) is 0 Å². The molecule has 0 heterocycles. The molecule has 0 aromatic rings. The van der Waals surface area contributed by atoms with Crippen molar-refractivity contribution in [2.24, 2.45) is 0 Å². The third-order valence-electron chi connectivity index (χ3n) is 0. The van der Waals surface area contributed by atoms with Crippen LogP contribution in [0.2, 0.25) is 0 Å². The van der Waals surface area contributed by atoms with Crippen molar-refractivity contribution in [1.29, 1.82) is 0 Å². The number of halogens is 1. The standard InChI is InChI=1S/C2H6O2S.ClH/c1-5(2,3)4;/h1-2H3;1H. The molecule has 0 saturated heterocycles. The maximum absolute atomic E-state index is 9.63. The van der Waals surface area contributed by atoms with E-state index in [2.05, 4.69) is 0 Å². The molecule has 0 aromatic heterocycles. The quantitative estimate of drug-likeness (QED) is 0.466. The van der Waals surface area contributed by atoms with E-state index in [0.29, 0.717) is 0 Å². The highest BCUT2D eigenvalue weighted by Crippen LogP contribution is 1.61. The van der Waals surface area contributed by atoms with Gasteiger partial charge in [0.1, 0.15) is 9.84 Å². The van der Waals surface area contributed by atoms with E-state index < -0.39 is 9.84 Å². The van der Waals surface area contributed by atoms with E-state index >= 15 is 0 Å². The van der Waals surface area contributed by atoms with Gasteiger partial charge in [0.2, 0.25) is 0 Å². The Hall–Kier alpha value is 0.240. The Morgan fingerprint density at radius 2 is 1.17 bits per heavy atom. The lowest BCUT2D eigenvalue weighted by atomic mass is 11.9. The monoisotopic (exact) mass is 130 g/mol. The Morgan fingerprint density at radius 3 is 1.17 bits per heavy atom. The lowest BCUT2D eigenvalue weighted by molar-refractivity contribution is 0.607. The Morgan fingerprint density at radius 1 is 1.17 bits per heavy atom. The summed E-state index contributed by atoms with van der Waals surface area (Å²) >= 11 is 0. The molecule has 0 aliphatic heterocycles. The first-order valence-corrected chi connectivity index (χ1v) is 3.45. The average Bonchev–Trinajstić information content (AvgIpc) is 0.722. The summed E-state index contributed by atoms with van der Waals surface area (Å²) in [6, 6.07) is 0. The first-order chi connectivity index (χ1) is 2.00. The van der Waals surface area contributed by atoms with Crippen LogP contribution >= 0.6 is 12.4 Å². The third kappa shape index (κ3) is 773.